The molecule has 0 unspecified atom stereocenters. The Morgan fingerprint density at radius 1 is 1.24 bits per heavy atom. The van der Waals surface area contributed by atoms with Crippen LogP contribution in [0.3, 0.4) is 0 Å². The lowest BCUT2D eigenvalue weighted by Gasteiger charge is -2.21. The zero-order valence-electron chi connectivity index (χ0n) is 11.4. The van der Waals surface area contributed by atoms with Crippen molar-refractivity contribution in [3.63, 3.8) is 0 Å². The molecule has 0 aromatic heterocycles. The number of amides is 1. The van der Waals surface area contributed by atoms with Gasteiger partial charge < -0.3 is 20.5 Å². The van der Waals surface area contributed by atoms with Gasteiger partial charge in [0.1, 0.15) is 6.61 Å². The number of fused-ring (bicyclic) bond motifs is 1. The van der Waals surface area contributed by atoms with Crippen LogP contribution in [0.2, 0.25) is 0 Å². The van der Waals surface area contributed by atoms with Gasteiger partial charge in [0, 0.05) is 17.8 Å². The maximum absolute atomic E-state index is 12.5. The second-order valence-electron chi connectivity index (χ2n) is 4.73. The third-order valence-corrected chi connectivity index (χ3v) is 3.36. The molecule has 0 radical (unpaired) electrons. The Morgan fingerprint density at radius 2 is 2.10 bits per heavy atom. The summed E-state index contributed by atoms with van der Waals surface area (Å²) in [5.74, 6) is 0.319. The normalized spacial score (nSPS) is 12.8. The van der Waals surface area contributed by atoms with Crippen LogP contribution >= 0.6 is 0 Å². The van der Waals surface area contributed by atoms with Crippen molar-refractivity contribution in [2.24, 2.45) is 0 Å². The molecule has 5 heteroatoms. The third-order valence-electron chi connectivity index (χ3n) is 3.36. The summed E-state index contributed by atoms with van der Waals surface area (Å²) in [5, 5.41) is 15.3. The van der Waals surface area contributed by atoms with Crippen molar-refractivity contribution >= 4 is 17.3 Å². The van der Waals surface area contributed by atoms with Crippen LogP contribution in [0.1, 0.15) is 15.9 Å². The molecule has 1 aliphatic rings. The molecule has 0 fully saturated rings. The van der Waals surface area contributed by atoms with Gasteiger partial charge in [0.2, 0.25) is 0 Å². The lowest BCUT2D eigenvalue weighted by molar-refractivity contribution is 0.102. The van der Waals surface area contributed by atoms with Crippen molar-refractivity contribution in [2.45, 2.75) is 6.61 Å². The zero-order chi connectivity index (χ0) is 14.7. The molecule has 2 aromatic rings. The van der Waals surface area contributed by atoms with E-state index in [0.29, 0.717) is 29.2 Å². The predicted molar refractivity (Wildman–Crippen MR) is 80.7 cm³/mol. The van der Waals surface area contributed by atoms with Gasteiger partial charge in [-0.2, -0.15) is 0 Å². The Balaban J connectivity index is 1.89. The molecule has 0 aliphatic carbocycles. The van der Waals surface area contributed by atoms with Crippen LogP contribution in [0.5, 0.6) is 5.75 Å². The summed E-state index contributed by atoms with van der Waals surface area (Å²) < 4.78 is 5.60. The summed E-state index contributed by atoms with van der Waals surface area (Å²) in [4.78, 5) is 12.5. The number of hydrogen-bond acceptors (Lipinski definition) is 4. The minimum atomic E-state index is -0.253. The van der Waals surface area contributed by atoms with E-state index in [0.717, 1.165) is 12.2 Å². The quantitative estimate of drug-likeness (QED) is 0.808. The van der Waals surface area contributed by atoms with E-state index in [2.05, 4.69) is 10.6 Å². The highest BCUT2D eigenvalue weighted by Crippen LogP contribution is 2.31. The molecule has 0 atom stereocenters. The highest BCUT2D eigenvalue weighted by molar-refractivity contribution is 6.07. The number of para-hydroxylation sites is 2. The minimum Gasteiger partial charge on any atom is -0.489 e. The molecule has 21 heavy (non-hydrogen) atoms. The highest BCUT2D eigenvalue weighted by atomic mass is 16.5. The van der Waals surface area contributed by atoms with Crippen LogP contribution in [0.25, 0.3) is 0 Å². The molecule has 5 nitrogen and oxygen atoms in total. The van der Waals surface area contributed by atoms with Crippen LogP contribution in [-0.2, 0) is 6.61 Å². The number of aliphatic hydroxyl groups excluding tert-OH is 1. The van der Waals surface area contributed by atoms with E-state index >= 15 is 0 Å². The van der Waals surface area contributed by atoms with E-state index in [-0.39, 0.29) is 12.5 Å². The van der Waals surface area contributed by atoms with Gasteiger partial charge in [-0.15, -0.1) is 0 Å². The topological polar surface area (TPSA) is 70.6 Å². The van der Waals surface area contributed by atoms with Gasteiger partial charge in [-0.1, -0.05) is 24.3 Å². The van der Waals surface area contributed by atoms with Gasteiger partial charge in [-0.25, -0.2) is 0 Å². The molecule has 108 valence electrons. The van der Waals surface area contributed by atoms with Crippen LogP contribution in [-0.4, -0.2) is 24.2 Å². The van der Waals surface area contributed by atoms with E-state index in [9.17, 15) is 9.90 Å². The number of rotatable bonds is 3. The van der Waals surface area contributed by atoms with Gasteiger partial charge in [0.05, 0.1) is 17.9 Å². The average Bonchev–Trinajstić information content (AvgIpc) is 2.54. The Hall–Kier alpha value is -2.53. The molecular formula is C16H16N2O3. The predicted octanol–water partition coefficient (Wildman–Crippen LogP) is 2.24. The third kappa shape index (κ3) is 2.68. The minimum absolute atomic E-state index is 0.124. The van der Waals surface area contributed by atoms with Gasteiger partial charge in [0.25, 0.3) is 5.91 Å². The lowest BCUT2D eigenvalue weighted by atomic mass is 10.1. The van der Waals surface area contributed by atoms with E-state index in [4.69, 9.17) is 4.74 Å². The Bertz CT molecular complexity index is 670. The average molecular weight is 284 g/mol. The van der Waals surface area contributed by atoms with Crippen molar-refractivity contribution in [3.8, 4) is 5.75 Å². The van der Waals surface area contributed by atoms with Crippen LogP contribution in [0.4, 0.5) is 11.4 Å². The molecule has 0 spiro atoms. The maximum Gasteiger partial charge on any atom is 0.259 e. The SMILES string of the molecule is O=C(Nc1ccccc1CO)c1cccc2c1OCCN2. The van der Waals surface area contributed by atoms with Crippen molar-refractivity contribution < 1.29 is 14.6 Å². The first kappa shape index (κ1) is 13.5. The second-order valence-corrected chi connectivity index (χ2v) is 4.73. The molecule has 2 aromatic carbocycles. The standard InChI is InChI=1S/C16H16N2O3/c19-10-11-4-1-2-6-13(11)18-16(20)12-5-3-7-14-15(12)21-9-8-17-14/h1-7,17,19H,8-10H2,(H,18,20). The second kappa shape index (κ2) is 5.85. The first-order valence-electron chi connectivity index (χ1n) is 6.79. The number of hydrogen-bond donors (Lipinski definition) is 3. The van der Waals surface area contributed by atoms with Gasteiger partial charge in [0.15, 0.2) is 5.75 Å². The van der Waals surface area contributed by atoms with E-state index < -0.39 is 0 Å². The fourth-order valence-corrected chi connectivity index (χ4v) is 2.32. The van der Waals surface area contributed by atoms with Gasteiger partial charge in [-0.3, -0.25) is 4.79 Å². The first-order chi connectivity index (χ1) is 10.3. The summed E-state index contributed by atoms with van der Waals surface area (Å²) in [5.41, 5.74) is 2.58. The molecule has 0 saturated heterocycles. The van der Waals surface area contributed by atoms with Crippen LogP contribution < -0.4 is 15.4 Å². The number of carbonyl (C=O) groups excluding carboxylic acids is 1. The van der Waals surface area contributed by atoms with E-state index in [1.54, 1.807) is 18.2 Å². The highest BCUT2D eigenvalue weighted by Gasteiger charge is 2.19. The summed E-state index contributed by atoms with van der Waals surface area (Å²) in [6, 6.07) is 12.6. The first-order valence-corrected chi connectivity index (χ1v) is 6.79. The molecular weight excluding hydrogens is 268 g/mol. The van der Waals surface area contributed by atoms with Gasteiger partial charge in [-0.05, 0) is 18.2 Å². The van der Waals surface area contributed by atoms with Crippen molar-refractivity contribution in [1.82, 2.24) is 0 Å². The summed E-state index contributed by atoms with van der Waals surface area (Å²) in [7, 11) is 0. The molecule has 1 heterocycles. The van der Waals surface area contributed by atoms with E-state index in [1.807, 2.05) is 24.3 Å². The largest absolute Gasteiger partial charge is 0.489 e. The fraction of sp³-hybridized carbons (Fsp3) is 0.188. The Morgan fingerprint density at radius 3 is 2.95 bits per heavy atom. The number of nitrogens with one attached hydrogen (secondary N) is 2. The van der Waals surface area contributed by atoms with Crippen molar-refractivity contribution in [3.05, 3.63) is 53.6 Å². The summed E-state index contributed by atoms with van der Waals surface area (Å²) >= 11 is 0. The summed E-state index contributed by atoms with van der Waals surface area (Å²) in [6.07, 6.45) is 0. The van der Waals surface area contributed by atoms with Crippen LogP contribution in [0, 0.1) is 0 Å². The number of aliphatic hydroxyl groups is 1. The molecule has 3 rings (SSSR count). The number of anilines is 2. The fourth-order valence-electron chi connectivity index (χ4n) is 2.32. The molecule has 1 amide bonds. The maximum atomic E-state index is 12.5. The smallest absolute Gasteiger partial charge is 0.259 e. The lowest BCUT2D eigenvalue weighted by Crippen LogP contribution is -2.22. The molecule has 0 saturated carbocycles. The monoisotopic (exact) mass is 284 g/mol. The zero-order valence-corrected chi connectivity index (χ0v) is 11.4. The molecule has 3 N–H and O–H groups in total. The summed E-state index contributed by atoms with van der Waals surface area (Å²) in [6.45, 7) is 1.14. The van der Waals surface area contributed by atoms with E-state index in [1.165, 1.54) is 0 Å². The Labute approximate surface area is 122 Å². The van der Waals surface area contributed by atoms with Crippen LogP contribution in [0.15, 0.2) is 42.5 Å². The Kier molecular flexibility index (Phi) is 3.75. The van der Waals surface area contributed by atoms with Gasteiger partial charge >= 0.3 is 0 Å². The number of carbonyl (C=O) groups is 1. The van der Waals surface area contributed by atoms with Crippen molar-refractivity contribution in [1.29, 1.82) is 0 Å². The number of benzene rings is 2. The molecule has 1 aliphatic heterocycles. The number of ether oxygens (including phenoxy) is 1. The molecule has 0 bridgehead atoms. The van der Waals surface area contributed by atoms with Crippen molar-refractivity contribution in [2.75, 3.05) is 23.8 Å².